The van der Waals surface area contributed by atoms with Gasteiger partial charge in [0.15, 0.2) is 0 Å². The number of ether oxygens (including phenoxy) is 1. The maximum atomic E-state index is 14.3. The van der Waals surface area contributed by atoms with Crippen molar-refractivity contribution in [3.05, 3.63) is 30.3 Å². The Labute approximate surface area is 209 Å². The van der Waals surface area contributed by atoms with E-state index in [1.54, 1.807) is 0 Å². The summed E-state index contributed by atoms with van der Waals surface area (Å²) in [6, 6.07) is 9.56. The minimum Gasteiger partial charge on any atom is -0.853 e. The van der Waals surface area contributed by atoms with Crippen LogP contribution >= 0.6 is 7.14 Å². The van der Waals surface area contributed by atoms with E-state index in [0.717, 1.165) is 31.0 Å². The van der Waals surface area contributed by atoms with Crippen LogP contribution in [-0.4, -0.2) is 55.0 Å². The highest BCUT2D eigenvalue weighted by molar-refractivity contribution is 7.72. The van der Waals surface area contributed by atoms with Gasteiger partial charge in [0, 0.05) is 30.2 Å². The second-order valence-corrected chi connectivity index (χ2v) is 14.3. The number of amides is 1. The molecule has 0 spiro atoms. The number of carbonyl (C=O) groups excluding carboxylic acids is 1. The smallest absolute Gasteiger partial charge is 0.230 e. The fourth-order valence-corrected chi connectivity index (χ4v) is 7.58. The highest BCUT2D eigenvalue weighted by atomic mass is 31.2. The number of unbranched alkanes of at least 4 members (excludes halogenated alkanes) is 5. The Hall–Kier alpha value is -1.16. The molecule has 5 nitrogen and oxygen atoms in total. The van der Waals surface area contributed by atoms with E-state index in [9.17, 15) is 14.5 Å². The molecule has 0 saturated carbocycles. The molecule has 0 aliphatic rings. The number of hydrogen-bond acceptors (Lipinski definition) is 4. The van der Waals surface area contributed by atoms with Crippen LogP contribution in [0, 0.1) is 5.41 Å². The van der Waals surface area contributed by atoms with E-state index >= 15 is 0 Å². The summed E-state index contributed by atoms with van der Waals surface area (Å²) in [5.41, 5.74) is -0.392. The van der Waals surface area contributed by atoms with E-state index in [1.807, 2.05) is 35.2 Å². The molecule has 196 valence electrons. The van der Waals surface area contributed by atoms with Crippen molar-refractivity contribution in [3.63, 3.8) is 0 Å². The molecule has 0 heterocycles. The molecular weight excluding hydrogens is 445 g/mol. The molecule has 0 radical (unpaired) electrons. The van der Waals surface area contributed by atoms with Crippen molar-refractivity contribution in [2.45, 2.75) is 92.0 Å². The van der Waals surface area contributed by atoms with Crippen molar-refractivity contribution in [1.29, 1.82) is 0 Å². The zero-order chi connectivity index (χ0) is 25.7. The maximum absolute atomic E-state index is 14.3. The van der Waals surface area contributed by atoms with E-state index < -0.39 is 12.7 Å². The van der Waals surface area contributed by atoms with Gasteiger partial charge in [0.1, 0.15) is 7.14 Å². The van der Waals surface area contributed by atoms with Crippen LogP contribution in [0.2, 0.25) is 0 Å². The largest absolute Gasteiger partial charge is 0.853 e. The van der Waals surface area contributed by atoms with E-state index in [4.69, 9.17) is 4.74 Å². The summed E-state index contributed by atoms with van der Waals surface area (Å²) in [6.07, 6.45) is 8.14. The van der Waals surface area contributed by atoms with Crippen molar-refractivity contribution in [1.82, 2.24) is 4.90 Å². The fourth-order valence-electron chi connectivity index (χ4n) is 4.93. The highest BCUT2D eigenvalue weighted by Gasteiger charge is 2.37. The van der Waals surface area contributed by atoms with Crippen LogP contribution in [0.15, 0.2) is 30.3 Å². The molecule has 1 aromatic rings. The zero-order valence-corrected chi connectivity index (χ0v) is 23.5. The van der Waals surface area contributed by atoms with Crippen molar-refractivity contribution >= 4 is 18.4 Å². The van der Waals surface area contributed by atoms with Gasteiger partial charge >= 0.3 is 0 Å². The van der Waals surface area contributed by atoms with E-state index in [-0.39, 0.29) is 30.7 Å². The quantitative estimate of drug-likeness (QED) is 0.213. The lowest BCUT2D eigenvalue weighted by Gasteiger charge is -2.43. The third-order valence-corrected chi connectivity index (χ3v) is 9.23. The molecule has 1 aromatic carbocycles. The molecule has 0 aliphatic heterocycles. The minimum absolute atomic E-state index is 0.0273. The molecule has 1 atom stereocenters. The van der Waals surface area contributed by atoms with Gasteiger partial charge in [0.25, 0.3) is 0 Å². The summed E-state index contributed by atoms with van der Waals surface area (Å²) >= 11 is 0. The Bertz CT molecular complexity index is 743. The Kier molecular flexibility index (Phi) is 13.7. The first-order chi connectivity index (χ1) is 15.9. The van der Waals surface area contributed by atoms with Gasteiger partial charge in [-0.1, -0.05) is 90.1 Å². The summed E-state index contributed by atoms with van der Waals surface area (Å²) in [6.45, 7) is 13.4. The standard InChI is InChI=1S/C28H49NO4P/c1-7-8-9-10-11-15-22-34(32,25-16-13-12-14-17-25)23-26(31)29(18-20-33-21-19-30)28(5,6)24-27(2,3)4/h12-14,16-17H,7-11,15,18-24H2,1-6H3/q-1. The average molecular weight is 495 g/mol. The molecule has 34 heavy (non-hydrogen) atoms. The van der Waals surface area contributed by atoms with Gasteiger partial charge in [0.05, 0.1) is 12.8 Å². The Morgan fingerprint density at radius 1 is 0.971 bits per heavy atom. The van der Waals surface area contributed by atoms with Crippen LogP contribution in [0.4, 0.5) is 0 Å². The number of benzene rings is 1. The average Bonchev–Trinajstić information content (AvgIpc) is 2.74. The van der Waals surface area contributed by atoms with Crippen LogP contribution in [0.3, 0.4) is 0 Å². The molecule has 0 N–H and O–H groups in total. The van der Waals surface area contributed by atoms with Crippen LogP contribution in [0.1, 0.15) is 86.5 Å². The van der Waals surface area contributed by atoms with Gasteiger partial charge in [-0.3, -0.25) is 4.79 Å². The summed E-state index contributed by atoms with van der Waals surface area (Å²) < 4.78 is 19.7. The number of nitrogens with zero attached hydrogens (tertiary/aromatic N) is 1. The van der Waals surface area contributed by atoms with E-state index in [2.05, 4.69) is 41.5 Å². The molecule has 0 saturated heterocycles. The molecule has 0 aromatic heterocycles. The molecule has 6 heteroatoms. The second-order valence-electron chi connectivity index (χ2n) is 11.3. The summed E-state index contributed by atoms with van der Waals surface area (Å²) in [5, 5.41) is 11.6. The molecule has 1 amide bonds. The van der Waals surface area contributed by atoms with Gasteiger partial charge in [-0.25, -0.2) is 0 Å². The van der Waals surface area contributed by atoms with Crippen LogP contribution < -0.4 is 10.4 Å². The minimum atomic E-state index is -2.88. The maximum Gasteiger partial charge on any atom is 0.230 e. The van der Waals surface area contributed by atoms with Gasteiger partial charge in [-0.05, 0) is 32.1 Å². The van der Waals surface area contributed by atoms with Crippen LogP contribution in [-0.2, 0) is 14.1 Å². The SMILES string of the molecule is CCCCCCCCP(=O)(CC(=O)N(CCOCC[O-])C(C)(C)CC(C)(C)C)c1ccccc1. The third-order valence-electron chi connectivity index (χ3n) is 6.17. The van der Waals surface area contributed by atoms with Crippen molar-refractivity contribution in [3.8, 4) is 0 Å². The monoisotopic (exact) mass is 494 g/mol. The molecule has 0 bridgehead atoms. The molecule has 0 aliphatic carbocycles. The molecule has 0 fully saturated rings. The van der Waals surface area contributed by atoms with Gasteiger partial charge in [-0.15, -0.1) is 6.61 Å². The Morgan fingerprint density at radius 2 is 1.59 bits per heavy atom. The summed E-state index contributed by atoms with van der Waals surface area (Å²) in [4.78, 5) is 15.6. The van der Waals surface area contributed by atoms with Crippen LogP contribution in [0.5, 0.6) is 0 Å². The third kappa shape index (κ3) is 11.5. The predicted molar refractivity (Wildman–Crippen MR) is 142 cm³/mol. The fraction of sp³-hybridized carbons (Fsp3) is 0.750. The number of rotatable bonds is 17. The Balaban J connectivity index is 3.06. The van der Waals surface area contributed by atoms with E-state index in [1.165, 1.54) is 19.3 Å². The molecule has 1 rings (SSSR count). The zero-order valence-electron chi connectivity index (χ0n) is 22.6. The lowest BCUT2D eigenvalue weighted by Crippen LogP contribution is -2.52. The summed E-state index contributed by atoms with van der Waals surface area (Å²) in [7, 11) is -2.88. The first-order valence-electron chi connectivity index (χ1n) is 13.1. The first kappa shape index (κ1) is 30.9. The van der Waals surface area contributed by atoms with Crippen molar-refractivity contribution in [2.24, 2.45) is 5.41 Å². The molecule has 1 unspecified atom stereocenters. The second kappa shape index (κ2) is 15.1. The van der Waals surface area contributed by atoms with Crippen LogP contribution in [0.25, 0.3) is 0 Å². The van der Waals surface area contributed by atoms with Gasteiger partial charge < -0.3 is 19.3 Å². The predicted octanol–water partition coefficient (Wildman–Crippen LogP) is 5.46. The van der Waals surface area contributed by atoms with E-state index in [0.29, 0.717) is 19.3 Å². The highest BCUT2D eigenvalue weighted by Crippen LogP contribution is 2.46. The molecular formula is C28H49NO4P-. The summed E-state index contributed by atoms with van der Waals surface area (Å²) in [5.74, 6) is -0.0851. The normalized spacial score (nSPS) is 14.1. The Morgan fingerprint density at radius 3 is 2.18 bits per heavy atom. The van der Waals surface area contributed by atoms with Crippen molar-refractivity contribution < 1.29 is 19.2 Å². The number of hydrogen-bond donors (Lipinski definition) is 0. The van der Waals surface area contributed by atoms with Gasteiger partial charge in [0.2, 0.25) is 5.91 Å². The lowest BCUT2D eigenvalue weighted by molar-refractivity contribution is -0.374. The van der Waals surface area contributed by atoms with Crippen molar-refractivity contribution in [2.75, 3.05) is 38.7 Å². The topological polar surface area (TPSA) is 69.7 Å². The van der Waals surface area contributed by atoms with Gasteiger partial charge in [-0.2, -0.15) is 0 Å². The first-order valence-corrected chi connectivity index (χ1v) is 15.1. The lowest BCUT2D eigenvalue weighted by atomic mass is 9.80. The number of carbonyl (C=O) groups is 1.